The molecule has 61 heavy (non-hydrogen) atoms. The fourth-order valence-electron chi connectivity index (χ4n) is 7.87. The molecule has 0 amide bonds. The second-order valence-corrected chi connectivity index (χ2v) is 20.0. The first-order chi connectivity index (χ1) is 28.1. The van der Waals surface area contributed by atoms with E-state index in [0.29, 0.717) is 0 Å². The van der Waals surface area contributed by atoms with Gasteiger partial charge in [-0.1, -0.05) is 121 Å². The average molecular weight is 967 g/mol. The standard InChI is InChI=1S/C52H52N4P2.2ClH.Ru/c1-53(2)39-19-27-43(28-20-39)57(44-29-21-40(22-30-44)54(3)4)49-35-17-37-13-9-11-15-47(37)51(49)52-48-16-12-10-14-38(48)18-36-50(52)58(45-31-23-41(24-32-45)55(5)6)46-33-25-42(26-34-46)56(7)8;;;/h9-36H,1-8H3;2*1H;/q;;;+2/p-2. The van der Waals surface area contributed by atoms with Crippen LogP contribution in [0.5, 0.6) is 0 Å². The number of hydrogen-bond acceptors (Lipinski definition) is 4. The smallest absolute Gasteiger partial charge is 1.00 e. The molecular weight excluding hydrogens is 915 g/mol. The number of rotatable bonds is 11. The Labute approximate surface area is 390 Å². The number of nitrogens with zero attached hydrogens (tertiary/aromatic N) is 4. The molecule has 0 bridgehead atoms. The molecule has 0 aliphatic heterocycles. The van der Waals surface area contributed by atoms with Crippen LogP contribution >= 0.6 is 15.8 Å². The average Bonchev–Trinajstić information content (AvgIpc) is 3.24. The van der Waals surface area contributed by atoms with E-state index in [4.69, 9.17) is 0 Å². The van der Waals surface area contributed by atoms with E-state index in [9.17, 15) is 0 Å². The van der Waals surface area contributed by atoms with Crippen LogP contribution in [0.4, 0.5) is 22.7 Å². The van der Waals surface area contributed by atoms with Crippen molar-refractivity contribution < 1.29 is 44.3 Å². The normalized spacial score (nSPS) is 10.9. The Bertz CT molecular complexity index is 2400. The van der Waals surface area contributed by atoms with Crippen LogP contribution in [0.2, 0.25) is 0 Å². The summed E-state index contributed by atoms with van der Waals surface area (Å²) in [6, 6.07) is 64.6. The van der Waals surface area contributed by atoms with Crippen molar-refractivity contribution in [2.75, 3.05) is 76.0 Å². The van der Waals surface area contributed by atoms with Gasteiger partial charge in [-0.15, -0.1) is 0 Å². The summed E-state index contributed by atoms with van der Waals surface area (Å²) in [5.74, 6) is 0. The van der Waals surface area contributed by atoms with Gasteiger partial charge in [0, 0.05) is 79.1 Å². The Balaban J connectivity index is 0.00000235. The first-order valence-electron chi connectivity index (χ1n) is 19.8. The summed E-state index contributed by atoms with van der Waals surface area (Å²) in [4.78, 5) is 8.72. The molecule has 312 valence electrons. The van der Waals surface area contributed by atoms with Crippen molar-refractivity contribution in [3.63, 3.8) is 0 Å². The number of fused-ring (bicyclic) bond motifs is 2. The van der Waals surface area contributed by atoms with Crippen molar-refractivity contribution in [3.8, 4) is 11.1 Å². The molecule has 8 rings (SSSR count). The molecule has 0 N–H and O–H groups in total. The quantitative estimate of drug-likeness (QED) is 0.146. The van der Waals surface area contributed by atoms with Crippen LogP contribution in [-0.4, -0.2) is 56.4 Å². The van der Waals surface area contributed by atoms with Gasteiger partial charge >= 0.3 is 19.5 Å². The van der Waals surface area contributed by atoms with Gasteiger partial charge in [0.15, 0.2) is 0 Å². The van der Waals surface area contributed by atoms with Gasteiger partial charge in [-0.3, -0.25) is 0 Å². The van der Waals surface area contributed by atoms with E-state index in [1.807, 2.05) is 0 Å². The Morgan fingerprint density at radius 2 is 0.541 bits per heavy atom. The molecule has 0 aliphatic rings. The molecule has 8 aromatic rings. The van der Waals surface area contributed by atoms with Crippen LogP contribution in [0.15, 0.2) is 170 Å². The molecule has 8 aromatic carbocycles. The van der Waals surface area contributed by atoms with E-state index in [1.54, 1.807) is 0 Å². The summed E-state index contributed by atoms with van der Waals surface area (Å²) in [7, 11) is 14.9. The van der Waals surface area contributed by atoms with Gasteiger partial charge in [0.05, 0.1) is 0 Å². The van der Waals surface area contributed by atoms with E-state index < -0.39 is 15.8 Å². The Morgan fingerprint density at radius 1 is 0.295 bits per heavy atom. The van der Waals surface area contributed by atoms with Gasteiger partial charge in [-0.05, 0) is 129 Å². The minimum Gasteiger partial charge on any atom is -1.00 e. The van der Waals surface area contributed by atoms with Crippen molar-refractivity contribution in [1.29, 1.82) is 0 Å². The second kappa shape index (κ2) is 20.6. The maximum absolute atomic E-state index is 2.44. The maximum atomic E-state index is 2.44. The number of benzene rings is 8. The van der Waals surface area contributed by atoms with Crippen LogP contribution < -0.4 is 76.2 Å². The SMILES string of the molecule is CN(C)c1ccc(P(c2ccc(N(C)C)cc2)c2ccc3ccccc3c2-c2c(P(c3ccc(N(C)C)cc3)c3ccc(N(C)C)cc3)ccc3ccccc23)cc1.[Cl-].[Cl-].[Ru+2]. The van der Waals surface area contributed by atoms with Crippen LogP contribution in [0.3, 0.4) is 0 Å². The molecule has 9 heteroatoms. The predicted molar refractivity (Wildman–Crippen MR) is 262 cm³/mol. The van der Waals surface area contributed by atoms with Gasteiger partial charge in [-0.2, -0.15) is 0 Å². The maximum Gasteiger partial charge on any atom is 2.00 e. The van der Waals surface area contributed by atoms with Crippen molar-refractivity contribution in [3.05, 3.63) is 170 Å². The van der Waals surface area contributed by atoms with Gasteiger partial charge in [-0.25, -0.2) is 0 Å². The number of hydrogen-bond donors (Lipinski definition) is 0. The van der Waals surface area contributed by atoms with E-state index in [2.05, 4.69) is 246 Å². The summed E-state index contributed by atoms with van der Waals surface area (Å²) in [5.41, 5.74) is 7.44. The molecule has 0 heterocycles. The van der Waals surface area contributed by atoms with E-state index >= 15 is 0 Å². The molecule has 4 nitrogen and oxygen atoms in total. The van der Waals surface area contributed by atoms with Gasteiger partial charge < -0.3 is 44.4 Å². The van der Waals surface area contributed by atoms with Crippen molar-refractivity contribution in [2.24, 2.45) is 0 Å². The minimum atomic E-state index is -0.987. The van der Waals surface area contributed by atoms with Crippen molar-refractivity contribution in [2.45, 2.75) is 0 Å². The first-order valence-corrected chi connectivity index (χ1v) is 22.5. The van der Waals surface area contributed by atoms with E-state index in [0.717, 1.165) is 0 Å². The molecule has 0 unspecified atom stereocenters. The number of anilines is 4. The molecule has 0 fully saturated rings. The second-order valence-electron chi connectivity index (χ2n) is 15.7. The molecule has 0 aliphatic carbocycles. The third kappa shape index (κ3) is 9.79. The fourth-order valence-corrected chi connectivity index (χ4v) is 12.7. The fraction of sp³-hybridized carbons (Fsp3) is 0.154. The van der Waals surface area contributed by atoms with Gasteiger partial charge in [0.1, 0.15) is 0 Å². The molecule has 0 saturated heterocycles. The summed E-state index contributed by atoms with van der Waals surface area (Å²) in [6.07, 6.45) is 0. The van der Waals surface area contributed by atoms with Crippen LogP contribution in [0.1, 0.15) is 0 Å². The Kier molecular flexibility index (Phi) is 16.1. The van der Waals surface area contributed by atoms with Crippen molar-refractivity contribution >= 4 is 92.0 Å². The molecule has 0 saturated carbocycles. The zero-order valence-corrected chi connectivity index (χ0v) is 41.0. The van der Waals surface area contributed by atoms with Crippen molar-refractivity contribution in [1.82, 2.24) is 0 Å². The van der Waals surface area contributed by atoms with Crippen LogP contribution in [-0.2, 0) is 19.5 Å². The zero-order valence-electron chi connectivity index (χ0n) is 36.0. The summed E-state index contributed by atoms with van der Waals surface area (Å²) in [6.45, 7) is 0. The monoisotopic (exact) mass is 966 g/mol. The Morgan fingerprint density at radius 3 is 0.787 bits per heavy atom. The summed E-state index contributed by atoms with van der Waals surface area (Å²) >= 11 is 0. The summed E-state index contributed by atoms with van der Waals surface area (Å²) < 4.78 is 0. The molecule has 0 atom stereocenters. The largest absolute Gasteiger partial charge is 2.00 e. The molecule has 0 aromatic heterocycles. The van der Waals surface area contributed by atoms with Gasteiger partial charge in [0.25, 0.3) is 0 Å². The predicted octanol–water partition coefficient (Wildman–Crippen LogP) is 3.45. The van der Waals surface area contributed by atoms with E-state index in [1.165, 1.54) is 87.2 Å². The van der Waals surface area contributed by atoms with Crippen LogP contribution in [0.25, 0.3) is 32.7 Å². The van der Waals surface area contributed by atoms with Gasteiger partial charge in [0.2, 0.25) is 0 Å². The third-order valence-electron chi connectivity index (χ3n) is 11.0. The first kappa shape index (κ1) is 47.6. The molecule has 0 spiro atoms. The summed E-state index contributed by atoms with van der Waals surface area (Å²) in [5, 5.41) is 13.1. The van der Waals surface area contributed by atoms with Crippen LogP contribution in [0, 0.1) is 0 Å². The minimum absolute atomic E-state index is 0. The molecular formula is C52H52Cl2N4P2Ru. The zero-order chi connectivity index (χ0) is 40.5. The molecule has 0 radical (unpaired) electrons. The van der Waals surface area contributed by atoms with E-state index in [-0.39, 0.29) is 44.3 Å². The topological polar surface area (TPSA) is 13.0 Å². The Hall–Kier alpha value is -4.46. The number of halogens is 2. The third-order valence-corrected chi connectivity index (χ3v) is 16.0.